The number of nitrogens with zero attached hydrogens (tertiary/aromatic N) is 1. The van der Waals surface area contributed by atoms with E-state index >= 15 is 0 Å². The maximum absolute atomic E-state index is 11.1. The summed E-state index contributed by atoms with van der Waals surface area (Å²) < 4.78 is 0. The molecule has 1 aliphatic heterocycles. The average Bonchev–Trinajstić information content (AvgIpc) is 2.72. The quantitative estimate of drug-likeness (QED) is 0.856. The van der Waals surface area contributed by atoms with Crippen LogP contribution in [0.15, 0.2) is 18.2 Å². The number of rotatable bonds is 4. The van der Waals surface area contributed by atoms with Gasteiger partial charge in [-0.2, -0.15) is 0 Å². The van der Waals surface area contributed by atoms with Crippen LogP contribution in [0.2, 0.25) is 0 Å². The van der Waals surface area contributed by atoms with Crippen molar-refractivity contribution in [2.75, 3.05) is 32.0 Å². The van der Waals surface area contributed by atoms with Gasteiger partial charge in [-0.3, -0.25) is 0 Å². The van der Waals surface area contributed by atoms with E-state index in [-0.39, 0.29) is 0 Å². The first-order valence-corrected chi connectivity index (χ1v) is 6.32. The van der Waals surface area contributed by atoms with Crippen molar-refractivity contribution in [2.24, 2.45) is 5.92 Å². The van der Waals surface area contributed by atoms with Gasteiger partial charge in [-0.05, 0) is 50.6 Å². The van der Waals surface area contributed by atoms with Crippen LogP contribution in [0.25, 0.3) is 0 Å². The van der Waals surface area contributed by atoms with Crippen molar-refractivity contribution in [1.82, 2.24) is 4.90 Å². The maximum atomic E-state index is 11.1. The number of hydrogen-bond donors (Lipinski definition) is 2. The number of hydrogen-bond acceptors (Lipinski definition) is 3. The third-order valence-corrected chi connectivity index (χ3v) is 3.48. The van der Waals surface area contributed by atoms with Crippen LogP contribution >= 0.6 is 0 Å². The lowest BCUT2D eigenvalue weighted by Crippen LogP contribution is -2.20. The summed E-state index contributed by atoms with van der Waals surface area (Å²) in [6.45, 7) is 5.03. The summed E-state index contributed by atoms with van der Waals surface area (Å²) in [5.74, 6) is -0.266. The van der Waals surface area contributed by atoms with Crippen LogP contribution < -0.4 is 5.32 Å². The van der Waals surface area contributed by atoms with Gasteiger partial charge in [0, 0.05) is 18.8 Å². The van der Waals surface area contributed by atoms with Crippen LogP contribution in [0, 0.1) is 12.8 Å². The van der Waals surface area contributed by atoms with E-state index in [0.717, 1.165) is 30.9 Å². The zero-order valence-electron chi connectivity index (χ0n) is 10.9. The standard InChI is InChI=1S/C14H20N2O2/c1-10-3-4-12(14(17)18)13(7-10)15-8-11-5-6-16(2)9-11/h3-4,7,11,15H,5-6,8-9H2,1-2H3,(H,17,18). The number of benzene rings is 1. The largest absolute Gasteiger partial charge is 0.478 e. The first-order valence-electron chi connectivity index (χ1n) is 6.32. The monoisotopic (exact) mass is 248 g/mol. The van der Waals surface area contributed by atoms with E-state index in [2.05, 4.69) is 17.3 Å². The van der Waals surface area contributed by atoms with Gasteiger partial charge in [0.2, 0.25) is 0 Å². The topological polar surface area (TPSA) is 52.6 Å². The minimum absolute atomic E-state index is 0.354. The molecule has 0 saturated carbocycles. The molecule has 0 bridgehead atoms. The number of nitrogens with one attached hydrogen (secondary N) is 1. The van der Waals surface area contributed by atoms with Crippen LogP contribution in [0.1, 0.15) is 22.3 Å². The van der Waals surface area contributed by atoms with Gasteiger partial charge in [-0.1, -0.05) is 6.07 Å². The summed E-state index contributed by atoms with van der Waals surface area (Å²) in [5, 5.41) is 12.4. The molecule has 4 heteroatoms. The van der Waals surface area contributed by atoms with E-state index in [9.17, 15) is 4.79 Å². The number of carboxylic acids is 1. The van der Waals surface area contributed by atoms with Crippen LogP contribution in [0.3, 0.4) is 0 Å². The molecule has 1 saturated heterocycles. The molecule has 0 aliphatic carbocycles. The molecule has 1 heterocycles. The second kappa shape index (κ2) is 5.40. The Bertz CT molecular complexity index is 445. The molecule has 1 unspecified atom stereocenters. The van der Waals surface area contributed by atoms with Gasteiger partial charge in [-0.25, -0.2) is 4.79 Å². The highest BCUT2D eigenvalue weighted by atomic mass is 16.4. The summed E-state index contributed by atoms with van der Waals surface area (Å²) in [5.41, 5.74) is 2.16. The predicted molar refractivity (Wildman–Crippen MR) is 72.2 cm³/mol. The third kappa shape index (κ3) is 3.01. The number of likely N-dealkylation sites (tertiary alicyclic amines) is 1. The Morgan fingerprint density at radius 1 is 1.56 bits per heavy atom. The van der Waals surface area contributed by atoms with Crippen molar-refractivity contribution in [3.05, 3.63) is 29.3 Å². The van der Waals surface area contributed by atoms with Crippen LogP contribution in [-0.2, 0) is 0 Å². The molecule has 0 spiro atoms. The number of anilines is 1. The molecule has 2 N–H and O–H groups in total. The molecule has 2 rings (SSSR count). The lowest BCUT2D eigenvalue weighted by atomic mass is 10.1. The minimum atomic E-state index is -0.874. The zero-order chi connectivity index (χ0) is 13.1. The summed E-state index contributed by atoms with van der Waals surface area (Å²) in [7, 11) is 2.12. The van der Waals surface area contributed by atoms with Gasteiger partial charge in [0.05, 0.1) is 5.56 Å². The van der Waals surface area contributed by atoms with E-state index in [1.807, 2.05) is 19.1 Å². The van der Waals surface area contributed by atoms with Crippen molar-refractivity contribution in [1.29, 1.82) is 0 Å². The molecule has 1 aromatic rings. The smallest absolute Gasteiger partial charge is 0.337 e. The Morgan fingerprint density at radius 2 is 2.33 bits per heavy atom. The van der Waals surface area contributed by atoms with Crippen molar-refractivity contribution < 1.29 is 9.90 Å². The van der Waals surface area contributed by atoms with Crippen molar-refractivity contribution in [2.45, 2.75) is 13.3 Å². The average molecular weight is 248 g/mol. The zero-order valence-corrected chi connectivity index (χ0v) is 10.9. The van der Waals surface area contributed by atoms with Gasteiger partial charge in [0.25, 0.3) is 0 Å². The Hall–Kier alpha value is -1.55. The van der Waals surface area contributed by atoms with Gasteiger partial charge in [0.15, 0.2) is 0 Å². The van der Waals surface area contributed by atoms with Gasteiger partial charge in [-0.15, -0.1) is 0 Å². The molecule has 1 fully saturated rings. The molecule has 1 atom stereocenters. The fourth-order valence-electron chi connectivity index (χ4n) is 2.44. The third-order valence-electron chi connectivity index (χ3n) is 3.48. The highest BCUT2D eigenvalue weighted by Gasteiger charge is 2.19. The molecule has 1 aliphatic rings. The van der Waals surface area contributed by atoms with Crippen molar-refractivity contribution in [3.63, 3.8) is 0 Å². The molecule has 0 aromatic heterocycles. The summed E-state index contributed by atoms with van der Waals surface area (Å²) in [6.07, 6.45) is 1.18. The first-order chi connectivity index (χ1) is 8.56. The fraction of sp³-hybridized carbons (Fsp3) is 0.500. The molecular weight excluding hydrogens is 228 g/mol. The second-order valence-corrected chi connectivity index (χ2v) is 5.15. The van der Waals surface area contributed by atoms with Crippen LogP contribution in [0.4, 0.5) is 5.69 Å². The molecule has 0 radical (unpaired) electrons. The Balaban J connectivity index is 2.04. The number of carbonyl (C=O) groups is 1. The highest BCUT2D eigenvalue weighted by Crippen LogP contribution is 2.20. The normalized spacial score (nSPS) is 20.0. The van der Waals surface area contributed by atoms with Crippen LogP contribution in [-0.4, -0.2) is 42.7 Å². The molecule has 0 amide bonds. The molecule has 4 nitrogen and oxygen atoms in total. The number of aryl methyl sites for hydroxylation is 1. The van der Waals surface area contributed by atoms with E-state index in [0.29, 0.717) is 11.5 Å². The number of carboxylic acid groups (broad SMARTS) is 1. The van der Waals surface area contributed by atoms with Gasteiger partial charge < -0.3 is 15.3 Å². The Morgan fingerprint density at radius 3 is 2.94 bits per heavy atom. The van der Waals surface area contributed by atoms with Crippen LogP contribution in [0.5, 0.6) is 0 Å². The second-order valence-electron chi connectivity index (χ2n) is 5.15. The van der Waals surface area contributed by atoms with E-state index in [1.165, 1.54) is 6.42 Å². The van der Waals surface area contributed by atoms with Gasteiger partial charge >= 0.3 is 5.97 Å². The fourth-order valence-corrected chi connectivity index (χ4v) is 2.44. The predicted octanol–water partition coefficient (Wildman–Crippen LogP) is 2.06. The van der Waals surface area contributed by atoms with E-state index < -0.39 is 5.97 Å². The highest BCUT2D eigenvalue weighted by molar-refractivity contribution is 5.94. The molecular formula is C14H20N2O2. The molecule has 98 valence electrons. The minimum Gasteiger partial charge on any atom is -0.478 e. The lowest BCUT2D eigenvalue weighted by molar-refractivity contribution is 0.0698. The number of aromatic carboxylic acids is 1. The summed E-state index contributed by atoms with van der Waals surface area (Å²) in [6, 6.07) is 5.40. The summed E-state index contributed by atoms with van der Waals surface area (Å²) >= 11 is 0. The Kier molecular flexibility index (Phi) is 3.87. The lowest BCUT2D eigenvalue weighted by Gasteiger charge is -2.14. The molecule has 18 heavy (non-hydrogen) atoms. The van der Waals surface area contributed by atoms with Crippen molar-refractivity contribution in [3.8, 4) is 0 Å². The Labute approximate surface area is 108 Å². The summed E-state index contributed by atoms with van der Waals surface area (Å²) in [4.78, 5) is 13.4. The van der Waals surface area contributed by atoms with Crippen molar-refractivity contribution >= 4 is 11.7 Å². The SMILES string of the molecule is Cc1ccc(C(=O)O)c(NCC2CCN(C)C2)c1. The maximum Gasteiger partial charge on any atom is 0.337 e. The molecule has 1 aromatic carbocycles. The first kappa shape index (κ1) is 12.9. The van der Waals surface area contributed by atoms with Gasteiger partial charge in [0.1, 0.15) is 0 Å². The van der Waals surface area contributed by atoms with E-state index in [4.69, 9.17) is 5.11 Å². The van der Waals surface area contributed by atoms with E-state index in [1.54, 1.807) is 6.07 Å².